The van der Waals surface area contributed by atoms with E-state index in [2.05, 4.69) is 73.8 Å². The molecule has 0 aliphatic heterocycles. The molecule has 0 radical (unpaired) electrons. The Morgan fingerprint density at radius 3 is 2.26 bits per heavy atom. The van der Waals surface area contributed by atoms with Crippen molar-refractivity contribution in [2.75, 3.05) is 11.4 Å². The summed E-state index contributed by atoms with van der Waals surface area (Å²) in [6.07, 6.45) is -0.417. The molecule has 0 aliphatic rings. The zero-order valence-corrected chi connectivity index (χ0v) is 14.5. The van der Waals surface area contributed by atoms with Crippen LogP contribution >= 0.6 is 0 Å². The Hall–Kier alpha value is -2.13. The van der Waals surface area contributed by atoms with Gasteiger partial charge in [0.1, 0.15) is 0 Å². The summed E-state index contributed by atoms with van der Waals surface area (Å²) in [6.45, 7) is 13.1. The summed E-state index contributed by atoms with van der Waals surface area (Å²) in [5, 5.41) is 9.91. The first-order valence-electron chi connectivity index (χ1n) is 7.97. The zero-order valence-electron chi connectivity index (χ0n) is 14.5. The predicted molar refractivity (Wildman–Crippen MR) is 99.0 cm³/mol. The minimum absolute atomic E-state index is 0.417. The number of aliphatic hydroxyl groups excluding tert-OH is 1. The zero-order chi connectivity index (χ0) is 17.0. The van der Waals surface area contributed by atoms with Gasteiger partial charge in [-0.1, -0.05) is 29.8 Å². The van der Waals surface area contributed by atoms with Crippen LogP contribution < -0.4 is 4.90 Å². The van der Waals surface area contributed by atoms with E-state index in [-0.39, 0.29) is 0 Å². The van der Waals surface area contributed by atoms with Crippen LogP contribution in [0.5, 0.6) is 0 Å². The lowest BCUT2D eigenvalue weighted by molar-refractivity contribution is 0.199. The summed E-state index contributed by atoms with van der Waals surface area (Å²) in [7, 11) is 0. The molecule has 0 aliphatic carbocycles. The SMILES string of the molecule is C=Nc1cc(C)c(C)cc1N(Cc1ccc(C)cc1)CC(C)O. The monoisotopic (exact) mass is 310 g/mol. The van der Waals surface area contributed by atoms with Crippen molar-refractivity contribution >= 4 is 18.1 Å². The third-order valence-corrected chi connectivity index (χ3v) is 4.08. The van der Waals surface area contributed by atoms with E-state index in [4.69, 9.17) is 0 Å². The summed E-state index contributed by atoms with van der Waals surface area (Å²) in [5.41, 5.74) is 6.75. The molecule has 3 nitrogen and oxygen atoms in total. The third-order valence-electron chi connectivity index (χ3n) is 4.08. The van der Waals surface area contributed by atoms with Crippen LogP contribution in [0.2, 0.25) is 0 Å². The molecule has 2 aromatic carbocycles. The van der Waals surface area contributed by atoms with Crippen molar-refractivity contribution in [1.82, 2.24) is 0 Å². The maximum Gasteiger partial charge on any atom is 0.0858 e. The van der Waals surface area contributed by atoms with Crippen LogP contribution in [0.4, 0.5) is 11.4 Å². The summed E-state index contributed by atoms with van der Waals surface area (Å²) in [6, 6.07) is 12.7. The van der Waals surface area contributed by atoms with Gasteiger partial charge in [-0.3, -0.25) is 4.99 Å². The summed E-state index contributed by atoms with van der Waals surface area (Å²) >= 11 is 0. The first-order valence-corrected chi connectivity index (χ1v) is 7.97. The predicted octanol–water partition coefficient (Wildman–Crippen LogP) is 4.33. The Balaban J connectivity index is 2.40. The highest BCUT2D eigenvalue weighted by atomic mass is 16.3. The van der Waals surface area contributed by atoms with Crippen molar-refractivity contribution in [2.24, 2.45) is 4.99 Å². The number of aliphatic hydroxyl groups is 1. The summed E-state index contributed by atoms with van der Waals surface area (Å²) in [4.78, 5) is 6.36. The number of aliphatic imine (C=N–C) groups is 1. The third kappa shape index (κ3) is 4.42. The van der Waals surface area contributed by atoms with E-state index in [9.17, 15) is 5.11 Å². The Kier molecular flexibility index (Phi) is 5.56. The van der Waals surface area contributed by atoms with Crippen molar-refractivity contribution < 1.29 is 5.11 Å². The van der Waals surface area contributed by atoms with Crippen molar-refractivity contribution in [3.05, 3.63) is 58.7 Å². The molecule has 3 heteroatoms. The van der Waals surface area contributed by atoms with E-state index < -0.39 is 6.10 Å². The molecule has 0 saturated heterocycles. The molecule has 0 bridgehead atoms. The Labute approximate surface area is 139 Å². The number of hydrogen-bond donors (Lipinski definition) is 1. The van der Waals surface area contributed by atoms with E-state index in [1.54, 1.807) is 0 Å². The minimum Gasteiger partial charge on any atom is -0.392 e. The fourth-order valence-corrected chi connectivity index (χ4v) is 2.65. The van der Waals surface area contributed by atoms with Crippen LogP contribution in [0, 0.1) is 20.8 Å². The summed E-state index contributed by atoms with van der Waals surface area (Å²) in [5.74, 6) is 0. The molecule has 2 aromatic rings. The minimum atomic E-state index is -0.417. The highest BCUT2D eigenvalue weighted by molar-refractivity contribution is 5.71. The lowest BCUT2D eigenvalue weighted by atomic mass is 10.1. The molecule has 1 N–H and O–H groups in total. The highest BCUT2D eigenvalue weighted by Gasteiger charge is 2.15. The van der Waals surface area contributed by atoms with Crippen molar-refractivity contribution in [2.45, 2.75) is 40.3 Å². The van der Waals surface area contributed by atoms with E-state index in [0.717, 1.165) is 17.9 Å². The molecule has 1 atom stereocenters. The molecule has 2 rings (SSSR count). The van der Waals surface area contributed by atoms with E-state index in [0.29, 0.717) is 6.54 Å². The number of anilines is 1. The van der Waals surface area contributed by atoms with Crippen LogP contribution in [-0.4, -0.2) is 24.5 Å². The fourth-order valence-electron chi connectivity index (χ4n) is 2.65. The highest BCUT2D eigenvalue weighted by Crippen LogP contribution is 2.32. The Morgan fingerprint density at radius 1 is 1.09 bits per heavy atom. The van der Waals surface area contributed by atoms with Gasteiger partial charge in [0, 0.05) is 13.1 Å². The molecule has 122 valence electrons. The first kappa shape index (κ1) is 17.2. The molecule has 1 unspecified atom stereocenters. The molecular weight excluding hydrogens is 284 g/mol. The summed E-state index contributed by atoms with van der Waals surface area (Å²) < 4.78 is 0. The molecule has 23 heavy (non-hydrogen) atoms. The maximum absolute atomic E-state index is 9.91. The fraction of sp³-hybridized carbons (Fsp3) is 0.350. The quantitative estimate of drug-likeness (QED) is 0.806. The van der Waals surface area contributed by atoms with E-state index in [1.807, 2.05) is 6.92 Å². The Bertz CT molecular complexity index is 675. The van der Waals surface area contributed by atoms with Gasteiger partial charge < -0.3 is 10.0 Å². The largest absolute Gasteiger partial charge is 0.392 e. The smallest absolute Gasteiger partial charge is 0.0858 e. The Morgan fingerprint density at radius 2 is 1.70 bits per heavy atom. The molecular formula is C20H26N2O. The van der Waals surface area contributed by atoms with Crippen LogP contribution in [0.1, 0.15) is 29.2 Å². The second-order valence-corrected chi connectivity index (χ2v) is 6.30. The van der Waals surface area contributed by atoms with E-state index >= 15 is 0 Å². The molecule has 0 amide bonds. The second-order valence-electron chi connectivity index (χ2n) is 6.30. The topological polar surface area (TPSA) is 35.8 Å². The van der Waals surface area contributed by atoms with Crippen LogP contribution in [-0.2, 0) is 6.54 Å². The first-order chi connectivity index (χ1) is 10.9. The van der Waals surface area contributed by atoms with Gasteiger partial charge in [-0.25, -0.2) is 0 Å². The lowest BCUT2D eigenvalue weighted by Crippen LogP contribution is -2.30. The second kappa shape index (κ2) is 7.42. The van der Waals surface area contributed by atoms with Gasteiger partial charge in [-0.15, -0.1) is 0 Å². The molecule has 0 aromatic heterocycles. The van der Waals surface area contributed by atoms with Gasteiger partial charge in [-0.2, -0.15) is 0 Å². The lowest BCUT2D eigenvalue weighted by Gasteiger charge is -2.28. The molecule has 0 saturated carbocycles. The number of hydrogen-bond acceptors (Lipinski definition) is 3. The van der Waals surface area contributed by atoms with Gasteiger partial charge in [0.2, 0.25) is 0 Å². The van der Waals surface area contributed by atoms with E-state index in [1.165, 1.54) is 22.3 Å². The number of aryl methyl sites for hydroxylation is 3. The maximum atomic E-state index is 9.91. The average molecular weight is 310 g/mol. The van der Waals surface area contributed by atoms with Crippen molar-refractivity contribution in [3.63, 3.8) is 0 Å². The normalized spacial score (nSPS) is 12.0. The van der Waals surface area contributed by atoms with Gasteiger partial charge in [-0.05, 0) is 63.2 Å². The molecule has 0 heterocycles. The van der Waals surface area contributed by atoms with Crippen LogP contribution in [0.15, 0.2) is 41.4 Å². The van der Waals surface area contributed by atoms with Crippen molar-refractivity contribution in [1.29, 1.82) is 0 Å². The number of nitrogens with zero attached hydrogens (tertiary/aromatic N) is 2. The van der Waals surface area contributed by atoms with Gasteiger partial charge in [0.25, 0.3) is 0 Å². The molecule has 0 spiro atoms. The number of benzene rings is 2. The van der Waals surface area contributed by atoms with Gasteiger partial charge >= 0.3 is 0 Å². The van der Waals surface area contributed by atoms with Gasteiger partial charge in [0.05, 0.1) is 17.5 Å². The van der Waals surface area contributed by atoms with Crippen LogP contribution in [0.3, 0.4) is 0 Å². The average Bonchev–Trinajstić information content (AvgIpc) is 2.50. The number of rotatable bonds is 6. The molecule has 0 fully saturated rings. The van der Waals surface area contributed by atoms with Crippen LogP contribution in [0.25, 0.3) is 0 Å². The van der Waals surface area contributed by atoms with Gasteiger partial charge in [0.15, 0.2) is 0 Å². The standard InChI is InChI=1S/C20H26N2O/c1-14-6-8-18(9-7-14)13-22(12-17(4)23)20-11-16(3)15(2)10-19(20)21-5/h6-11,17,23H,5,12-13H2,1-4H3. The van der Waals surface area contributed by atoms with Crippen molar-refractivity contribution in [3.8, 4) is 0 Å².